The van der Waals surface area contributed by atoms with Crippen LogP contribution in [0.1, 0.15) is 19.3 Å². The number of hydrogen-bond acceptors (Lipinski definition) is 3. The Kier molecular flexibility index (Phi) is 2.94. The van der Waals surface area contributed by atoms with Crippen LogP contribution in [0.15, 0.2) is 5.16 Å². The lowest BCUT2D eigenvalue weighted by Crippen LogP contribution is -2.32. The van der Waals surface area contributed by atoms with Gasteiger partial charge in [-0.1, -0.05) is 5.16 Å². The van der Waals surface area contributed by atoms with Crippen molar-refractivity contribution < 1.29 is 15.1 Å². The molecular formula is C7H13N3O3. The van der Waals surface area contributed by atoms with E-state index in [4.69, 9.17) is 16.0 Å². The highest BCUT2D eigenvalue weighted by Crippen LogP contribution is 2.25. The lowest BCUT2D eigenvalue weighted by atomic mass is 10.1. The molecule has 6 nitrogen and oxygen atoms in total. The number of nitrogens with one attached hydrogen (secondary N) is 1. The van der Waals surface area contributed by atoms with Gasteiger partial charge in [-0.05, 0) is 19.3 Å². The summed E-state index contributed by atoms with van der Waals surface area (Å²) < 4.78 is 0. The van der Waals surface area contributed by atoms with Gasteiger partial charge in [0, 0.05) is 12.0 Å². The minimum atomic E-state index is -1.02. The van der Waals surface area contributed by atoms with Crippen molar-refractivity contribution in [1.29, 1.82) is 0 Å². The van der Waals surface area contributed by atoms with Crippen molar-refractivity contribution in [2.24, 2.45) is 16.8 Å². The molecule has 1 fully saturated rings. The topological polar surface area (TPSA) is 108 Å². The molecule has 0 spiro atoms. The lowest BCUT2D eigenvalue weighted by molar-refractivity contribution is 0.190. The molecule has 0 aromatic heterocycles. The van der Waals surface area contributed by atoms with E-state index < -0.39 is 6.09 Å². The second-order valence-electron chi connectivity index (χ2n) is 3.18. The van der Waals surface area contributed by atoms with Crippen molar-refractivity contribution in [3.8, 4) is 0 Å². The number of nitrogens with two attached hydrogens (primary N) is 1. The minimum Gasteiger partial charge on any atom is -0.465 e. The smallest absolute Gasteiger partial charge is 0.404 e. The summed E-state index contributed by atoms with van der Waals surface area (Å²) in [6, 6.07) is -0.0669. The second kappa shape index (κ2) is 3.97. The molecule has 0 aromatic carbocycles. The number of nitrogens with zero attached hydrogens (tertiary/aromatic N) is 1. The van der Waals surface area contributed by atoms with Gasteiger partial charge in [0.15, 0.2) is 0 Å². The van der Waals surface area contributed by atoms with Crippen molar-refractivity contribution in [3.05, 3.63) is 0 Å². The number of amidine groups is 1. The summed E-state index contributed by atoms with van der Waals surface area (Å²) in [5.41, 5.74) is 5.40. The number of amides is 1. The fourth-order valence-electron chi connectivity index (χ4n) is 1.64. The third-order valence-corrected chi connectivity index (χ3v) is 2.29. The molecule has 1 saturated carbocycles. The number of hydrogen-bond donors (Lipinski definition) is 4. The summed E-state index contributed by atoms with van der Waals surface area (Å²) in [5, 5.41) is 22.1. The van der Waals surface area contributed by atoms with Gasteiger partial charge in [-0.3, -0.25) is 0 Å². The van der Waals surface area contributed by atoms with Gasteiger partial charge in [0.25, 0.3) is 0 Å². The molecule has 0 saturated heterocycles. The molecule has 1 amide bonds. The summed E-state index contributed by atoms with van der Waals surface area (Å²) in [5.74, 6) is 0.191. The van der Waals surface area contributed by atoms with Crippen molar-refractivity contribution in [3.63, 3.8) is 0 Å². The fraction of sp³-hybridized carbons (Fsp3) is 0.714. The Morgan fingerprint density at radius 1 is 1.54 bits per heavy atom. The molecule has 0 aliphatic heterocycles. The van der Waals surface area contributed by atoms with E-state index in [0.717, 1.165) is 12.8 Å². The largest absolute Gasteiger partial charge is 0.465 e. The van der Waals surface area contributed by atoms with Crippen LogP contribution in [-0.2, 0) is 0 Å². The Labute approximate surface area is 75.4 Å². The molecule has 1 rings (SSSR count). The van der Waals surface area contributed by atoms with Crippen molar-refractivity contribution in [2.75, 3.05) is 0 Å². The molecule has 0 aromatic rings. The highest BCUT2D eigenvalue weighted by molar-refractivity contribution is 5.82. The van der Waals surface area contributed by atoms with Crippen LogP contribution in [-0.4, -0.2) is 28.3 Å². The minimum absolute atomic E-state index is 0.00171. The van der Waals surface area contributed by atoms with E-state index >= 15 is 0 Å². The number of oxime groups is 1. The van der Waals surface area contributed by atoms with Crippen LogP contribution in [0, 0.1) is 5.92 Å². The van der Waals surface area contributed by atoms with Crippen LogP contribution >= 0.6 is 0 Å². The Morgan fingerprint density at radius 3 is 2.77 bits per heavy atom. The number of rotatable bonds is 2. The van der Waals surface area contributed by atoms with Gasteiger partial charge in [-0.25, -0.2) is 4.79 Å². The molecule has 1 aliphatic carbocycles. The van der Waals surface area contributed by atoms with Gasteiger partial charge < -0.3 is 21.4 Å². The van der Waals surface area contributed by atoms with Gasteiger partial charge in [-0.15, -0.1) is 0 Å². The van der Waals surface area contributed by atoms with Gasteiger partial charge in [0.2, 0.25) is 0 Å². The van der Waals surface area contributed by atoms with E-state index in [1.807, 2.05) is 0 Å². The predicted octanol–water partition coefficient (Wildman–Crippen LogP) is 0.169. The first-order chi connectivity index (χ1) is 6.13. The predicted molar refractivity (Wildman–Crippen MR) is 45.7 cm³/mol. The molecule has 2 unspecified atom stereocenters. The number of carbonyl (C=O) groups is 1. The van der Waals surface area contributed by atoms with Gasteiger partial charge in [-0.2, -0.15) is 0 Å². The van der Waals surface area contributed by atoms with Gasteiger partial charge >= 0.3 is 6.09 Å². The molecular weight excluding hydrogens is 174 g/mol. The van der Waals surface area contributed by atoms with Crippen LogP contribution in [0.5, 0.6) is 0 Å². The summed E-state index contributed by atoms with van der Waals surface area (Å²) in [7, 11) is 0. The maximum absolute atomic E-state index is 10.3. The summed E-state index contributed by atoms with van der Waals surface area (Å²) in [6.45, 7) is 0. The standard InChI is InChI=1S/C7H13N3O3/c8-6(10-13)4-1-2-5(3-4)9-7(11)12/h4-5,9,13H,1-3H2,(H2,8,10)(H,11,12). The zero-order valence-corrected chi connectivity index (χ0v) is 7.10. The Hall–Kier alpha value is -1.46. The van der Waals surface area contributed by atoms with E-state index in [1.54, 1.807) is 0 Å². The van der Waals surface area contributed by atoms with Crippen LogP contribution in [0.4, 0.5) is 4.79 Å². The van der Waals surface area contributed by atoms with Crippen LogP contribution in [0.3, 0.4) is 0 Å². The van der Waals surface area contributed by atoms with E-state index in [2.05, 4.69) is 10.5 Å². The highest BCUT2D eigenvalue weighted by atomic mass is 16.4. The van der Waals surface area contributed by atoms with E-state index in [1.165, 1.54) is 0 Å². The highest BCUT2D eigenvalue weighted by Gasteiger charge is 2.28. The average molecular weight is 187 g/mol. The first kappa shape index (κ1) is 9.63. The van der Waals surface area contributed by atoms with Gasteiger partial charge in [0.1, 0.15) is 5.84 Å². The maximum Gasteiger partial charge on any atom is 0.404 e. The summed E-state index contributed by atoms with van der Waals surface area (Å²) in [6.07, 6.45) is 1.10. The molecule has 0 radical (unpaired) electrons. The average Bonchev–Trinajstić information content (AvgIpc) is 2.50. The normalized spacial score (nSPS) is 28.8. The SMILES string of the molecule is N/C(=N\O)C1CCC(NC(=O)O)C1. The fourth-order valence-corrected chi connectivity index (χ4v) is 1.64. The maximum atomic E-state index is 10.3. The second-order valence-corrected chi connectivity index (χ2v) is 3.18. The monoisotopic (exact) mass is 187 g/mol. The quantitative estimate of drug-likeness (QED) is 0.214. The van der Waals surface area contributed by atoms with E-state index in [9.17, 15) is 4.79 Å². The molecule has 1 aliphatic rings. The molecule has 6 heteroatoms. The first-order valence-corrected chi connectivity index (χ1v) is 4.10. The lowest BCUT2D eigenvalue weighted by Gasteiger charge is -2.09. The van der Waals surface area contributed by atoms with Crippen LogP contribution < -0.4 is 11.1 Å². The third kappa shape index (κ3) is 2.50. The number of carboxylic acid groups (broad SMARTS) is 1. The van der Waals surface area contributed by atoms with E-state index in [-0.39, 0.29) is 17.8 Å². The third-order valence-electron chi connectivity index (χ3n) is 2.29. The molecule has 0 heterocycles. The van der Waals surface area contributed by atoms with Gasteiger partial charge in [0.05, 0.1) is 0 Å². The van der Waals surface area contributed by atoms with Crippen LogP contribution in [0.2, 0.25) is 0 Å². The zero-order chi connectivity index (χ0) is 9.84. The first-order valence-electron chi connectivity index (χ1n) is 4.10. The molecule has 5 N–H and O–H groups in total. The molecule has 2 atom stereocenters. The zero-order valence-electron chi connectivity index (χ0n) is 7.10. The Bertz CT molecular complexity index is 229. The van der Waals surface area contributed by atoms with Crippen molar-refractivity contribution in [2.45, 2.75) is 25.3 Å². The molecule has 0 bridgehead atoms. The Balaban J connectivity index is 2.40. The molecule has 13 heavy (non-hydrogen) atoms. The summed E-state index contributed by atoms with van der Waals surface area (Å²) in [4.78, 5) is 10.3. The molecule has 74 valence electrons. The van der Waals surface area contributed by atoms with E-state index in [0.29, 0.717) is 6.42 Å². The Morgan fingerprint density at radius 2 is 2.23 bits per heavy atom. The summed E-state index contributed by atoms with van der Waals surface area (Å²) >= 11 is 0. The van der Waals surface area contributed by atoms with Crippen molar-refractivity contribution in [1.82, 2.24) is 5.32 Å². The van der Waals surface area contributed by atoms with Crippen molar-refractivity contribution >= 4 is 11.9 Å². The van der Waals surface area contributed by atoms with Crippen LogP contribution in [0.25, 0.3) is 0 Å².